The summed E-state index contributed by atoms with van der Waals surface area (Å²) in [7, 11) is -3.52. The number of hydrogen-bond donors (Lipinski definition) is 2. The van der Waals surface area contributed by atoms with Crippen molar-refractivity contribution in [3.8, 4) is 0 Å². The van der Waals surface area contributed by atoms with E-state index in [2.05, 4.69) is 26.9 Å². The maximum Gasteiger partial charge on any atom is 0.241 e. The fourth-order valence-corrected chi connectivity index (χ4v) is 5.50. The second-order valence-electron chi connectivity index (χ2n) is 5.11. The minimum atomic E-state index is -3.52. The van der Waals surface area contributed by atoms with Gasteiger partial charge in [-0.3, -0.25) is 0 Å². The highest BCUT2D eigenvalue weighted by molar-refractivity contribution is 9.10. The van der Waals surface area contributed by atoms with Gasteiger partial charge in [-0.15, -0.1) is 0 Å². The second kappa shape index (κ2) is 6.25. The van der Waals surface area contributed by atoms with Crippen LogP contribution in [-0.2, 0) is 10.0 Å². The lowest BCUT2D eigenvalue weighted by atomic mass is 10.2. The summed E-state index contributed by atoms with van der Waals surface area (Å²) < 4.78 is 28.5. The van der Waals surface area contributed by atoms with Gasteiger partial charge >= 0.3 is 0 Å². The van der Waals surface area contributed by atoms with Gasteiger partial charge in [-0.1, -0.05) is 15.9 Å². The van der Waals surface area contributed by atoms with Crippen LogP contribution in [-0.4, -0.2) is 26.0 Å². The lowest BCUT2D eigenvalue weighted by Crippen LogP contribution is -2.33. The van der Waals surface area contributed by atoms with Crippen molar-refractivity contribution in [3.05, 3.63) is 22.2 Å². The Labute approximate surface area is 133 Å². The topological polar surface area (TPSA) is 72.2 Å². The lowest BCUT2D eigenvalue weighted by molar-refractivity contribution is 0.552. The Morgan fingerprint density at radius 3 is 2.70 bits per heavy atom. The predicted octanol–water partition coefficient (Wildman–Crippen LogP) is 2.90. The summed E-state index contributed by atoms with van der Waals surface area (Å²) in [5, 5.41) is 0.552. The van der Waals surface area contributed by atoms with Gasteiger partial charge in [0.1, 0.15) is 0 Å². The zero-order valence-corrected chi connectivity index (χ0v) is 14.7. The summed E-state index contributed by atoms with van der Waals surface area (Å²) in [6, 6.07) is 3.35. The van der Waals surface area contributed by atoms with Crippen LogP contribution < -0.4 is 10.5 Å². The highest BCUT2D eigenvalue weighted by Crippen LogP contribution is 2.31. The van der Waals surface area contributed by atoms with Gasteiger partial charge in [0.15, 0.2) is 0 Å². The number of sulfonamides is 1. The Kier molecular flexibility index (Phi) is 5.05. The Balaban J connectivity index is 2.23. The van der Waals surface area contributed by atoms with Crippen molar-refractivity contribution in [1.29, 1.82) is 0 Å². The maximum absolute atomic E-state index is 12.5. The van der Waals surface area contributed by atoms with Crippen molar-refractivity contribution in [2.75, 3.05) is 12.0 Å². The summed E-state index contributed by atoms with van der Waals surface area (Å²) in [5.74, 6) is 0. The minimum absolute atomic E-state index is 0.0251. The number of halogens is 1. The number of nitrogens with one attached hydrogen (secondary N) is 1. The van der Waals surface area contributed by atoms with E-state index in [9.17, 15) is 8.42 Å². The standard InChI is InChI=1S/C13H19BrN2O2S2/c1-8-12(15)5-9(14)6-13(8)20(17,18)16-10-3-4-11(7-10)19-2/h5-6,10-11,16H,3-4,7,15H2,1-2H3. The highest BCUT2D eigenvalue weighted by Gasteiger charge is 2.29. The summed E-state index contributed by atoms with van der Waals surface area (Å²) in [5.41, 5.74) is 6.92. The van der Waals surface area contributed by atoms with Crippen LogP contribution in [0.1, 0.15) is 24.8 Å². The molecule has 2 unspecified atom stereocenters. The molecule has 20 heavy (non-hydrogen) atoms. The molecule has 0 saturated heterocycles. The molecule has 0 aromatic heterocycles. The van der Waals surface area contributed by atoms with Gasteiger partial charge < -0.3 is 5.73 Å². The smallest absolute Gasteiger partial charge is 0.241 e. The van der Waals surface area contributed by atoms with Crippen molar-refractivity contribution < 1.29 is 8.42 Å². The SMILES string of the molecule is CSC1CCC(NS(=O)(=O)c2cc(Br)cc(N)c2C)C1. The molecule has 0 radical (unpaired) electrons. The van der Waals surface area contributed by atoms with E-state index in [1.54, 1.807) is 30.8 Å². The molecule has 0 amide bonds. The molecule has 1 aromatic rings. The van der Waals surface area contributed by atoms with Gasteiger partial charge in [-0.25, -0.2) is 13.1 Å². The molecule has 7 heteroatoms. The first-order valence-electron chi connectivity index (χ1n) is 6.44. The van der Waals surface area contributed by atoms with E-state index in [0.29, 0.717) is 21.0 Å². The van der Waals surface area contributed by atoms with Crippen LogP contribution in [0, 0.1) is 6.92 Å². The highest BCUT2D eigenvalue weighted by atomic mass is 79.9. The average molecular weight is 379 g/mol. The first-order valence-corrected chi connectivity index (χ1v) is 10.0. The van der Waals surface area contributed by atoms with E-state index in [0.717, 1.165) is 19.3 Å². The maximum atomic E-state index is 12.5. The number of hydrogen-bond acceptors (Lipinski definition) is 4. The molecule has 4 nitrogen and oxygen atoms in total. The minimum Gasteiger partial charge on any atom is -0.398 e. The zero-order chi connectivity index (χ0) is 14.9. The van der Waals surface area contributed by atoms with Gasteiger partial charge in [-0.2, -0.15) is 11.8 Å². The van der Waals surface area contributed by atoms with Crippen molar-refractivity contribution in [2.24, 2.45) is 0 Å². The number of nitrogens with two attached hydrogens (primary N) is 1. The molecule has 1 aliphatic carbocycles. The van der Waals surface area contributed by atoms with Crippen LogP contribution >= 0.6 is 27.7 Å². The third-order valence-electron chi connectivity index (χ3n) is 3.69. The zero-order valence-electron chi connectivity index (χ0n) is 11.5. The van der Waals surface area contributed by atoms with Crippen LogP contribution in [0.5, 0.6) is 0 Å². The predicted molar refractivity (Wildman–Crippen MR) is 88.6 cm³/mol. The average Bonchev–Trinajstić information content (AvgIpc) is 2.80. The molecule has 1 aliphatic rings. The lowest BCUT2D eigenvalue weighted by Gasteiger charge is -2.16. The van der Waals surface area contributed by atoms with E-state index in [1.807, 2.05) is 0 Å². The molecular formula is C13H19BrN2O2S2. The normalized spacial score (nSPS) is 23.1. The second-order valence-corrected chi connectivity index (χ2v) is 8.84. The molecule has 0 spiro atoms. The Bertz CT molecular complexity index is 605. The van der Waals surface area contributed by atoms with Crippen LogP contribution in [0.4, 0.5) is 5.69 Å². The van der Waals surface area contributed by atoms with Gasteiger partial charge in [0.25, 0.3) is 0 Å². The van der Waals surface area contributed by atoms with Crippen molar-refractivity contribution in [3.63, 3.8) is 0 Å². The molecule has 1 saturated carbocycles. The monoisotopic (exact) mass is 378 g/mol. The molecule has 3 N–H and O–H groups in total. The molecule has 1 aromatic carbocycles. The summed E-state index contributed by atoms with van der Waals surface area (Å²) >= 11 is 5.10. The van der Waals surface area contributed by atoms with Crippen molar-refractivity contribution in [2.45, 2.75) is 42.4 Å². The molecule has 112 valence electrons. The molecule has 0 heterocycles. The van der Waals surface area contributed by atoms with Crippen LogP contribution in [0.15, 0.2) is 21.5 Å². The molecule has 1 fully saturated rings. The van der Waals surface area contributed by atoms with Crippen LogP contribution in [0.3, 0.4) is 0 Å². The molecule has 2 atom stereocenters. The quantitative estimate of drug-likeness (QED) is 0.789. The third-order valence-corrected chi connectivity index (χ3v) is 6.89. The number of anilines is 1. The number of rotatable bonds is 4. The van der Waals surface area contributed by atoms with Gasteiger partial charge in [0.2, 0.25) is 10.0 Å². The summed E-state index contributed by atoms with van der Waals surface area (Å²) in [6.07, 6.45) is 4.92. The molecular weight excluding hydrogens is 360 g/mol. The molecule has 0 bridgehead atoms. The van der Waals surface area contributed by atoms with E-state index in [4.69, 9.17) is 5.73 Å². The Hall–Kier alpha value is -0.240. The van der Waals surface area contributed by atoms with E-state index < -0.39 is 10.0 Å². The van der Waals surface area contributed by atoms with Gasteiger partial charge in [-0.05, 0) is 50.1 Å². The molecule has 0 aliphatic heterocycles. The molecule has 2 rings (SSSR count). The fraction of sp³-hybridized carbons (Fsp3) is 0.538. The fourth-order valence-electron chi connectivity index (χ4n) is 2.50. The van der Waals surface area contributed by atoms with Crippen LogP contribution in [0.25, 0.3) is 0 Å². The number of benzene rings is 1. The van der Waals surface area contributed by atoms with Gasteiger partial charge in [0, 0.05) is 21.5 Å². The van der Waals surface area contributed by atoms with Gasteiger partial charge in [0.05, 0.1) is 4.90 Å². The Morgan fingerprint density at radius 2 is 2.10 bits per heavy atom. The van der Waals surface area contributed by atoms with Crippen molar-refractivity contribution in [1.82, 2.24) is 4.72 Å². The Morgan fingerprint density at radius 1 is 1.40 bits per heavy atom. The summed E-state index contributed by atoms with van der Waals surface area (Å²) in [6.45, 7) is 1.73. The largest absolute Gasteiger partial charge is 0.398 e. The first kappa shape index (κ1) is 16.1. The number of nitrogen functional groups attached to an aromatic ring is 1. The number of thioether (sulfide) groups is 1. The van der Waals surface area contributed by atoms with Crippen molar-refractivity contribution >= 4 is 43.4 Å². The van der Waals surface area contributed by atoms with Crippen LogP contribution in [0.2, 0.25) is 0 Å². The van der Waals surface area contributed by atoms with E-state index >= 15 is 0 Å². The first-order chi connectivity index (χ1) is 9.33. The van der Waals surface area contributed by atoms with E-state index in [1.165, 1.54) is 0 Å². The third kappa shape index (κ3) is 3.50. The summed E-state index contributed by atoms with van der Waals surface area (Å²) in [4.78, 5) is 0.261. The van der Waals surface area contributed by atoms with E-state index in [-0.39, 0.29) is 10.9 Å².